The third-order valence-corrected chi connectivity index (χ3v) is 4.44. The van der Waals surface area contributed by atoms with Crippen molar-refractivity contribution in [3.8, 4) is 0 Å². The highest BCUT2D eigenvalue weighted by molar-refractivity contribution is 5.81. The zero-order valence-electron chi connectivity index (χ0n) is 9.58. The summed E-state index contributed by atoms with van der Waals surface area (Å²) in [6.45, 7) is 3.30. The molecule has 0 saturated heterocycles. The summed E-state index contributed by atoms with van der Waals surface area (Å²) >= 11 is 0. The Labute approximate surface area is 91.7 Å². The minimum atomic E-state index is 0.346. The second-order valence-corrected chi connectivity index (χ2v) is 5.72. The van der Waals surface area contributed by atoms with Gasteiger partial charge in [-0.05, 0) is 31.6 Å². The molecule has 1 aliphatic heterocycles. The fourth-order valence-corrected chi connectivity index (χ4v) is 3.92. The van der Waals surface area contributed by atoms with Crippen LogP contribution in [0, 0.1) is 5.92 Å². The Kier molecular flexibility index (Phi) is 1.98. The minimum Gasteiger partial charge on any atom is -0.370 e. The Bertz CT molecular complexity index is 285. The van der Waals surface area contributed by atoms with E-state index in [9.17, 15) is 0 Å². The van der Waals surface area contributed by atoms with Crippen molar-refractivity contribution >= 4 is 5.96 Å². The molecule has 2 saturated carbocycles. The molecule has 2 fully saturated rings. The Balaban J connectivity index is 1.80. The van der Waals surface area contributed by atoms with Crippen molar-refractivity contribution in [1.82, 2.24) is 4.90 Å². The molecular formula is C12H21N3. The van der Waals surface area contributed by atoms with Gasteiger partial charge in [-0.1, -0.05) is 19.8 Å². The lowest BCUT2D eigenvalue weighted by molar-refractivity contribution is 0.0262. The number of hydrogen-bond donors (Lipinski definition) is 1. The van der Waals surface area contributed by atoms with E-state index in [2.05, 4.69) is 16.8 Å². The van der Waals surface area contributed by atoms with Crippen LogP contribution in [0.4, 0.5) is 0 Å². The zero-order chi connectivity index (χ0) is 10.5. The topological polar surface area (TPSA) is 41.6 Å². The molecule has 0 aromatic rings. The van der Waals surface area contributed by atoms with Gasteiger partial charge in [-0.2, -0.15) is 0 Å². The SMILES string of the molecule is CC1CC2(CN=C(N)N2C2CCCC2)C1. The lowest BCUT2D eigenvalue weighted by Crippen LogP contribution is -2.61. The summed E-state index contributed by atoms with van der Waals surface area (Å²) in [5, 5.41) is 0. The van der Waals surface area contributed by atoms with E-state index in [1.807, 2.05) is 0 Å². The van der Waals surface area contributed by atoms with Crippen LogP contribution < -0.4 is 5.73 Å². The van der Waals surface area contributed by atoms with Crippen LogP contribution in [0.1, 0.15) is 45.4 Å². The summed E-state index contributed by atoms with van der Waals surface area (Å²) in [6.07, 6.45) is 8.00. The van der Waals surface area contributed by atoms with Crippen molar-refractivity contribution in [1.29, 1.82) is 0 Å². The summed E-state index contributed by atoms with van der Waals surface area (Å²) in [7, 11) is 0. The first kappa shape index (κ1) is 9.49. The fourth-order valence-electron chi connectivity index (χ4n) is 3.92. The second-order valence-electron chi connectivity index (χ2n) is 5.72. The van der Waals surface area contributed by atoms with Gasteiger partial charge in [-0.25, -0.2) is 0 Å². The number of nitrogens with zero attached hydrogens (tertiary/aromatic N) is 2. The Morgan fingerprint density at radius 2 is 2.00 bits per heavy atom. The molecule has 0 aromatic carbocycles. The van der Waals surface area contributed by atoms with E-state index in [0.717, 1.165) is 18.4 Å². The molecule has 0 aromatic heterocycles. The van der Waals surface area contributed by atoms with Gasteiger partial charge in [0.05, 0.1) is 12.1 Å². The van der Waals surface area contributed by atoms with Crippen LogP contribution in [0.15, 0.2) is 4.99 Å². The highest BCUT2D eigenvalue weighted by Crippen LogP contribution is 2.47. The quantitative estimate of drug-likeness (QED) is 0.711. The van der Waals surface area contributed by atoms with Gasteiger partial charge in [0.1, 0.15) is 0 Å². The highest BCUT2D eigenvalue weighted by Gasteiger charge is 2.52. The van der Waals surface area contributed by atoms with E-state index in [1.165, 1.54) is 38.5 Å². The highest BCUT2D eigenvalue weighted by atomic mass is 15.4. The summed E-state index contributed by atoms with van der Waals surface area (Å²) in [5.74, 6) is 1.70. The molecule has 0 radical (unpaired) electrons. The third-order valence-electron chi connectivity index (χ3n) is 4.44. The average Bonchev–Trinajstić information content (AvgIpc) is 2.72. The smallest absolute Gasteiger partial charge is 0.192 e. The summed E-state index contributed by atoms with van der Waals surface area (Å²) < 4.78 is 0. The number of rotatable bonds is 1. The van der Waals surface area contributed by atoms with Crippen LogP contribution in [0.3, 0.4) is 0 Å². The van der Waals surface area contributed by atoms with Crippen LogP contribution in [-0.4, -0.2) is 29.0 Å². The van der Waals surface area contributed by atoms with Gasteiger partial charge >= 0.3 is 0 Å². The molecule has 84 valence electrons. The van der Waals surface area contributed by atoms with Crippen molar-refractivity contribution in [2.75, 3.05) is 6.54 Å². The van der Waals surface area contributed by atoms with E-state index < -0.39 is 0 Å². The molecule has 0 bridgehead atoms. The number of hydrogen-bond acceptors (Lipinski definition) is 3. The van der Waals surface area contributed by atoms with Crippen molar-refractivity contribution in [2.24, 2.45) is 16.6 Å². The van der Waals surface area contributed by atoms with Crippen LogP contribution in [0.5, 0.6) is 0 Å². The average molecular weight is 207 g/mol. The Morgan fingerprint density at radius 3 is 2.60 bits per heavy atom. The molecule has 3 heteroatoms. The van der Waals surface area contributed by atoms with E-state index in [1.54, 1.807) is 0 Å². The molecule has 15 heavy (non-hydrogen) atoms. The molecule has 0 unspecified atom stereocenters. The lowest BCUT2D eigenvalue weighted by Gasteiger charge is -2.52. The number of nitrogens with two attached hydrogens (primary N) is 1. The predicted molar refractivity (Wildman–Crippen MR) is 61.7 cm³/mol. The van der Waals surface area contributed by atoms with Gasteiger partial charge < -0.3 is 10.6 Å². The minimum absolute atomic E-state index is 0.346. The van der Waals surface area contributed by atoms with Crippen LogP contribution in [0.25, 0.3) is 0 Å². The number of aliphatic imine (C=N–C) groups is 1. The van der Waals surface area contributed by atoms with E-state index >= 15 is 0 Å². The Morgan fingerprint density at radius 1 is 1.33 bits per heavy atom. The van der Waals surface area contributed by atoms with Crippen molar-refractivity contribution in [2.45, 2.75) is 57.0 Å². The predicted octanol–water partition coefficient (Wildman–Crippen LogP) is 1.73. The van der Waals surface area contributed by atoms with Crippen molar-refractivity contribution < 1.29 is 0 Å². The maximum atomic E-state index is 6.07. The van der Waals surface area contributed by atoms with E-state index in [-0.39, 0.29) is 0 Å². The van der Waals surface area contributed by atoms with Crippen LogP contribution >= 0.6 is 0 Å². The molecule has 0 atom stereocenters. The normalized spacial score (nSPS) is 41.0. The molecule has 2 aliphatic carbocycles. The molecular weight excluding hydrogens is 186 g/mol. The van der Waals surface area contributed by atoms with Gasteiger partial charge in [0.25, 0.3) is 0 Å². The maximum absolute atomic E-state index is 6.07. The molecule has 3 aliphatic rings. The van der Waals surface area contributed by atoms with Gasteiger partial charge in [0.2, 0.25) is 0 Å². The summed E-state index contributed by atoms with van der Waals surface area (Å²) in [6, 6.07) is 0.698. The molecule has 2 N–H and O–H groups in total. The Hall–Kier alpha value is -0.730. The molecule has 3 rings (SSSR count). The first-order chi connectivity index (χ1) is 7.21. The van der Waals surface area contributed by atoms with Gasteiger partial charge in [-0.15, -0.1) is 0 Å². The second kappa shape index (κ2) is 3.13. The molecule has 1 heterocycles. The summed E-state index contributed by atoms with van der Waals surface area (Å²) in [4.78, 5) is 6.98. The van der Waals surface area contributed by atoms with Gasteiger partial charge in [0, 0.05) is 6.04 Å². The van der Waals surface area contributed by atoms with Crippen molar-refractivity contribution in [3.05, 3.63) is 0 Å². The van der Waals surface area contributed by atoms with Crippen LogP contribution in [-0.2, 0) is 0 Å². The van der Waals surface area contributed by atoms with Gasteiger partial charge in [0.15, 0.2) is 5.96 Å². The standard InChI is InChI=1S/C12H21N3/c1-9-6-12(7-9)8-14-11(13)15(12)10-4-2-3-5-10/h9-10H,2-8H2,1H3,(H2,13,14). The maximum Gasteiger partial charge on any atom is 0.192 e. The zero-order valence-corrected chi connectivity index (χ0v) is 9.58. The summed E-state index contributed by atoms with van der Waals surface area (Å²) in [5.41, 5.74) is 6.41. The molecule has 1 spiro atoms. The third kappa shape index (κ3) is 1.28. The molecule has 0 amide bonds. The largest absolute Gasteiger partial charge is 0.370 e. The first-order valence-corrected chi connectivity index (χ1v) is 6.30. The first-order valence-electron chi connectivity index (χ1n) is 6.30. The monoisotopic (exact) mass is 207 g/mol. The van der Waals surface area contributed by atoms with E-state index in [0.29, 0.717) is 11.6 Å². The fraction of sp³-hybridized carbons (Fsp3) is 0.917. The van der Waals surface area contributed by atoms with Crippen LogP contribution in [0.2, 0.25) is 0 Å². The van der Waals surface area contributed by atoms with Crippen molar-refractivity contribution in [3.63, 3.8) is 0 Å². The lowest BCUT2D eigenvalue weighted by atomic mass is 9.68. The van der Waals surface area contributed by atoms with Gasteiger partial charge in [-0.3, -0.25) is 4.99 Å². The number of guanidine groups is 1. The molecule has 3 nitrogen and oxygen atoms in total. The van der Waals surface area contributed by atoms with E-state index in [4.69, 9.17) is 5.73 Å².